The number of hydrogen-bond acceptors (Lipinski definition) is 3. The van der Waals surface area contributed by atoms with Crippen molar-refractivity contribution in [3.63, 3.8) is 0 Å². The maximum atomic E-state index is 11.0. The van der Waals surface area contributed by atoms with Crippen LogP contribution in [-0.2, 0) is 9.59 Å². The Kier molecular flexibility index (Phi) is 2.06. The van der Waals surface area contributed by atoms with Gasteiger partial charge < -0.3 is 15.1 Å². The molecular weight excluding hydrogens is 162 g/mol. The summed E-state index contributed by atoms with van der Waals surface area (Å²) in [5, 5.41) is 17.8. The van der Waals surface area contributed by atoms with E-state index < -0.39 is 29.9 Å². The molecule has 2 N–H and O–H groups in total. The smallest absolute Gasteiger partial charge is 0.311 e. The number of carbonyl (C=O) groups excluding carboxylic acids is 1. The molecule has 3 atom stereocenters. The van der Waals surface area contributed by atoms with Gasteiger partial charge in [-0.15, -0.1) is 0 Å². The molecule has 0 aromatic carbocycles. The number of rotatable bonds is 1. The lowest BCUT2D eigenvalue weighted by Gasteiger charge is -2.16. The molecule has 0 radical (unpaired) electrons. The van der Waals surface area contributed by atoms with E-state index in [2.05, 4.69) is 0 Å². The zero-order valence-corrected chi connectivity index (χ0v) is 6.89. The fourth-order valence-electron chi connectivity index (χ4n) is 1.41. The van der Waals surface area contributed by atoms with Gasteiger partial charge in [-0.2, -0.15) is 0 Å². The Labute approximate surface area is 69.6 Å². The number of carboxylic acid groups (broad SMARTS) is 1. The van der Waals surface area contributed by atoms with Crippen molar-refractivity contribution in [1.29, 1.82) is 0 Å². The van der Waals surface area contributed by atoms with E-state index in [0.717, 1.165) is 0 Å². The molecule has 1 aliphatic heterocycles. The van der Waals surface area contributed by atoms with Gasteiger partial charge in [-0.05, 0) is 6.92 Å². The van der Waals surface area contributed by atoms with Crippen molar-refractivity contribution in [2.45, 2.75) is 19.1 Å². The molecule has 0 bridgehead atoms. The highest BCUT2D eigenvalue weighted by atomic mass is 16.4. The van der Waals surface area contributed by atoms with E-state index >= 15 is 0 Å². The van der Waals surface area contributed by atoms with Crippen molar-refractivity contribution >= 4 is 11.9 Å². The Hall–Kier alpha value is -1.10. The van der Waals surface area contributed by atoms with Gasteiger partial charge in [0.2, 0.25) is 0 Å². The second-order valence-corrected chi connectivity index (χ2v) is 3.00. The Morgan fingerprint density at radius 1 is 1.58 bits per heavy atom. The Morgan fingerprint density at radius 3 is 2.25 bits per heavy atom. The summed E-state index contributed by atoms with van der Waals surface area (Å²) in [6.07, 6.45) is -1.39. The first kappa shape index (κ1) is 8.99. The van der Waals surface area contributed by atoms with Crippen molar-refractivity contribution in [1.82, 2.24) is 4.90 Å². The number of carbonyl (C=O) groups is 2. The molecule has 1 aliphatic rings. The molecule has 1 heterocycles. The van der Waals surface area contributed by atoms with Crippen molar-refractivity contribution < 1.29 is 19.8 Å². The zero-order chi connectivity index (χ0) is 9.46. The summed E-state index contributed by atoms with van der Waals surface area (Å²) in [4.78, 5) is 22.9. The number of aliphatic carboxylic acids is 1. The third-order valence-corrected chi connectivity index (χ3v) is 2.36. The molecule has 1 fully saturated rings. The summed E-state index contributed by atoms with van der Waals surface area (Å²) in [6, 6.07) is -0.440. The molecular formula is C7H11NO4. The zero-order valence-electron chi connectivity index (χ0n) is 6.89. The van der Waals surface area contributed by atoms with E-state index in [1.807, 2.05) is 0 Å². The minimum Gasteiger partial charge on any atom is -0.481 e. The molecule has 0 saturated carbocycles. The van der Waals surface area contributed by atoms with Crippen LogP contribution >= 0.6 is 0 Å². The van der Waals surface area contributed by atoms with Gasteiger partial charge in [0.05, 0.1) is 0 Å². The molecule has 0 unspecified atom stereocenters. The third-order valence-electron chi connectivity index (χ3n) is 2.36. The van der Waals surface area contributed by atoms with Crippen LogP contribution < -0.4 is 0 Å². The van der Waals surface area contributed by atoms with E-state index in [1.165, 1.54) is 11.9 Å². The highest BCUT2D eigenvalue weighted by molar-refractivity contribution is 5.90. The van der Waals surface area contributed by atoms with Crippen LogP contribution in [0.1, 0.15) is 6.92 Å². The number of carboxylic acids is 1. The van der Waals surface area contributed by atoms with E-state index in [0.29, 0.717) is 0 Å². The van der Waals surface area contributed by atoms with E-state index in [-0.39, 0.29) is 0 Å². The molecule has 5 nitrogen and oxygen atoms in total. The minimum atomic E-state index is -1.39. The molecule has 0 aromatic heterocycles. The molecule has 1 rings (SSSR count). The van der Waals surface area contributed by atoms with Gasteiger partial charge in [-0.3, -0.25) is 9.59 Å². The largest absolute Gasteiger partial charge is 0.481 e. The van der Waals surface area contributed by atoms with Gasteiger partial charge in [-0.1, -0.05) is 0 Å². The summed E-state index contributed by atoms with van der Waals surface area (Å²) in [5.74, 6) is -2.65. The maximum absolute atomic E-state index is 11.0. The maximum Gasteiger partial charge on any atom is 0.311 e. The van der Waals surface area contributed by atoms with Crippen LogP contribution in [-0.4, -0.2) is 46.2 Å². The molecule has 68 valence electrons. The summed E-state index contributed by atoms with van der Waals surface area (Å²) in [6.45, 7) is 1.60. The summed E-state index contributed by atoms with van der Waals surface area (Å²) >= 11 is 0. The number of likely N-dealkylation sites (N-methyl/N-ethyl adjacent to an activating group) is 1. The van der Waals surface area contributed by atoms with Crippen molar-refractivity contribution in [3.8, 4) is 0 Å². The Balaban J connectivity index is 2.90. The van der Waals surface area contributed by atoms with Crippen LogP contribution in [0.3, 0.4) is 0 Å². The first-order valence-corrected chi connectivity index (χ1v) is 3.64. The average molecular weight is 173 g/mol. The van der Waals surface area contributed by atoms with Crippen LogP contribution in [0, 0.1) is 5.92 Å². The second-order valence-electron chi connectivity index (χ2n) is 3.00. The highest BCUT2D eigenvalue weighted by Crippen LogP contribution is 2.24. The van der Waals surface area contributed by atoms with E-state index in [4.69, 9.17) is 5.11 Å². The van der Waals surface area contributed by atoms with Crippen molar-refractivity contribution in [3.05, 3.63) is 0 Å². The van der Waals surface area contributed by atoms with Crippen LogP contribution in [0.15, 0.2) is 0 Å². The lowest BCUT2D eigenvalue weighted by molar-refractivity contribution is -0.147. The lowest BCUT2D eigenvalue weighted by atomic mass is 10.00. The van der Waals surface area contributed by atoms with E-state index in [9.17, 15) is 14.7 Å². The van der Waals surface area contributed by atoms with Gasteiger partial charge in [0.1, 0.15) is 12.0 Å². The summed E-state index contributed by atoms with van der Waals surface area (Å²) in [7, 11) is 1.49. The number of nitrogens with zero attached hydrogens (tertiary/aromatic N) is 1. The molecule has 1 saturated heterocycles. The minimum absolute atomic E-state index is 0.440. The van der Waals surface area contributed by atoms with Gasteiger partial charge in [-0.25, -0.2) is 0 Å². The fourth-order valence-corrected chi connectivity index (χ4v) is 1.41. The topological polar surface area (TPSA) is 77.8 Å². The predicted octanol–water partition coefficient (Wildman–Crippen LogP) is -1.09. The quantitative estimate of drug-likeness (QED) is 0.528. The number of amides is 1. The number of aliphatic hydroxyl groups excluding tert-OH is 1. The molecule has 0 aromatic rings. The summed E-state index contributed by atoms with van der Waals surface area (Å²) < 4.78 is 0. The number of likely N-dealkylation sites (tertiary alicyclic amines) is 1. The lowest BCUT2D eigenvalue weighted by Crippen LogP contribution is -2.32. The van der Waals surface area contributed by atoms with E-state index in [1.54, 1.807) is 6.92 Å². The van der Waals surface area contributed by atoms with Gasteiger partial charge >= 0.3 is 5.97 Å². The summed E-state index contributed by atoms with van der Waals surface area (Å²) in [5.41, 5.74) is 0. The van der Waals surface area contributed by atoms with Gasteiger partial charge in [0.25, 0.3) is 5.91 Å². The number of hydrogen-bond donors (Lipinski definition) is 2. The SMILES string of the molecule is C[C@@H]1[C@@H](C(=O)O)[C@@H](O)C(=O)N1C. The normalized spacial score (nSPS) is 35.8. The van der Waals surface area contributed by atoms with Crippen LogP contribution in [0.5, 0.6) is 0 Å². The van der Waals surface area contributed by atoms with Gasteiger partial charge in [0.15, 0.2) is 0 Å². The second kappa shape index (κ2) is 2.75. The average Bonchev–Trinajstić information content (AvgIpc) is 2.16. The molecule has 5 heteroatoms. The molecule has 0 aliphatic carbocycles. The first-order valence-electron chi connectivity index (χ1n) is 3.64. The molecule has 1 amide bonds. The van der Waals surface area contributed by atoms with Crippen molar-refractivity contribution in [2.24, 2.45) is 5.92 Å². The Bertz CT molecular complexity index is 227. The molecule has 12 heavy (non-hydrogen) atoms. The number of aliphatic hydroxyl groups is 1. The first-order chi connectivity index (χ1) is 5.46. The van der Waals surface area contributed by atoms with Crippen LogP contribution in [0.4, 0.5) is 0 Å². The van der Waals surface area contributed by atoms with Crippen molar-refractivity contribution in [2.75, 3.05) is 7.05 Å². The Morgan fingerprint density at radius 2 is 2.08 bits per heavy atom. The standard InChI is InChI=1S/C7H11NO4/c1-3-4(7(11)12)5(9)6(10)8(3)2/h3-5,9H,1-2H3,(H,11,12)/t3-,4-,5-/m1/s1. The molecule has 0 spiro atoms. The van der Waals surface area contributed by atoms with Crippen LogP contribution in [0.2, 0.25) is 0 Å². The predicted molar refractivity (Wildman–Crippen MR) is 39.4 cm³/mol. The third kappa shape index (κ3) is 1.06. The fraction of sp³-hybridized carbons (Fsp3) is 0.714. The van der Waals surface area contributed by atoms with Crippen LogP contribution in [0.25, 0.3) is 0 Å². The monoisotopic (exact) mass is 173 g/mol. The van der Waals surface area contributed by atoms with Gasteiger partial charge in [0, 0.05) is 13.1 Å². The highest BCUT2D eigenvalue weighted by Gasteiger charge is 2.47.